The number of aliphatic imine (C=N–C) groups is 1. The van der Waals surface area contributed by atoms with Gasteiger partial charge in [-0.05, 0) is 12.1 Å². The molecule has 0 saturated heterocycles. The number of benzene rings is 1. The van der Waals surface area contributed by atoms with Gasteiger partial charge >= 0.3 is 6.09 Å². The topological polar surface area (TPSA) is 80.9 Å². The van der Waals surface area contributed by atoms with E-state index in [2.05, 4.69) is 4.99 Å². The zero-order valence-corrected chi connectivity index (χ0v) is 8.88. The number of rotatable bonds is 2. The molecule has 0 fully saturated rings. The summed E-state index contributed by atoms with van der Waals surface area (Å²) >= 11 is 0. The average molecular weight is 232 g/mol. The third-order valence-corrected chi connectivity index (χ3v) is 2.36. The molecule has 1 heterocycles. The van der Waals surface area contributed by atoms with Crippen molar-refractivity contribution in [3.8, 4) is 5.75 Å². The first kappa shape index (κ1) is 10.9. The number of isocyanates is 1. The standard InChI is InChI=1S/C11H8N2O4/c1-17-7-2-3-8-9(12-6-14)5-13(11(15)16)10(8)4-7/h2-5H,1H3,(H,15,16). The van der Waals surface area contributed by atoms with E-state index in [9.17, 15) is 9.59 Å². The van der Waals surface area contributed by atoms with Crippen molar-refractivity contribution in [2.75, 3.05) is 7.11 Å². The fourth-order valence-corrected chi connectivity index (χ4v) is 1.61. The third-order valence-electron chi connectivity index (χ3n) is 2.36. The van der Waals surface area contributed by atoms with Crippen molar-refractivity contribution in [2.45, 2.75) is 0 Å². The number of carbonyl (C=O) groups is 1. The van der Waals surface area contributed by atoms with Gasteiger partial charge in [-0.3, -0.25) is 4.57 Å². The Kier molecular flexibility index (Phi) is 2.64. The van der Waals surface area contributed by atoms with Crippen LogP contribution in [0.2, 0.25) is 0 Å². The van der Waals surface area contributed by atoms with E-state index < -0.39 is 6.09 Å². The second kappa shape index (κ2) is 4.11. The Hall–Kier alpha value is -2.59. The summed E-state index contributed by atoms with van der Waals surface area (Å²) in [5.41, 5.74) is 0.672. The lowest BCUT2D eigenvalue weighted by Crippen LogP contribution is -2.05. The number of fused-ring (bicyclic) bond motifs is 1. The van der Waals surface area contributed by atoms with Crippen molar-refractivity contribution in [1.82, 2.24) is 4.57 Å². The van der Waals surface area contributed by atoms with E-state index in [1.165, 1.54) is 19.4 Å². The number of nitrogens with zero attached hydrogens (tertiary/aromatic N) is 2. The van der Waals surface area contributed by atoms with Crippen LogP contribution in [0, 0.1) is 0 Å². The van der Waals surface area contributed by atoms with Gasteiger partial charge in [0.15, 0.2) is 0 Å². The van der Waals surface area contributed by atoms with Crippen molar-refractivity contribution >= 4 is 28.8 Å². The number of carboxylic acid groups (broad SMARTS) is 1. The van der Waals surface area contributed by atoms with Crippen LogP contribution in [0.4, 0.5) is 10.5 Å². The highest BCUT2D eigenvalue weighted by atomic mass is 16.5. The molecule has 0 atom stereocenters. The van der Waals surface area contributed by atoms with Gasteiger partial charge in [0.05, 0.1) is 12.6 Å². The molecular formula is C11H8N2O4. The molecule has 0 saturated carbocycles. The van der Waals surface area contributed by atoms with Gasteiger partial charge in [-0.25, -0.2) is 9.59 Å². The summed E-state index contributed by atoms with van der Waals surface area (Å²) in [6.07, 6.45) is 1.50. The van der Waals surface area contributed by atoms with Gasteiger partial charge in [-0.15, -0.1) is 0 Å². The lowest BCUT2D eigenvalue weighted by atomic mass is 10.2. The Bertz CT molecular complexity index is 638. The van der Waals surface area contributed by atoms with Crippen LogP contribution in [0.1, 0.15) is 0 Å². The van der Waals surface area contributed by atoms with Crippen LogP contribution in [0.25, 0.3) is 10.9 Å². The van der Waals surface area contributed by atoms with Crippen LogP contribution in [0.5, 0.6) is 5.75 Å². The molecular weight excluding hydrogens is 224 g/mol. The largest absolute Gasteiger partial charge is 0.497 e. The number of ether oxygens (including phenoxy) is 1. The summed E-state index contributed by atoms with van der Waals surface area (Å²) in [4.78, 5) is 24.7. The van der Waals surface area contributed by atoms with E-state index in [0.29, 0.717) is 16.7 Å². The van der Waals surface area contributed by atoms with Crippen molar-refractivity contribution in [3.05, 3.63) is 24.4 Å². The zero-order valence-electron chi connectivity index (χ0n) is 8.88. The van der Waals surface area contributed by atoms with Gasteiger partial charge in [0.25, 0.3) is 0 Å². The van der Waals surface area contributed by atoms with E-state index >= 15 is 0 Å². The molecule has 0 unspecified atom stereocenters. The van der Waals surface area contributed by atoms with Crippen molar-refractivity contribution < 1.29 is 19.4 Å². The van der Waals surface area contributed by atoms with Gasteiger partial charge in [0, 0.05) is 17.6 Å². The van der Waals surface area contributed by atoms with Crippen molar-refractivity contribution in [2.24, 2.45) is 4.99 Å². The van der Waals surface area contributed by atoms with E-state index in [0.717, 1.165) is 4.57 Å². The molecule has 1 aromatic heterocycles. The Labute approximate surface area is 95.8 Å². The Morgan fingerprint density at radius 3 is 2.88 bits per heavy atom. The summed E-state index contributed by atoms with van der Waals surface area (Å²) in [6.45, 7) is 0. The number of carbonyl (C=O) groups excluding carboxylic acids is 1. The second-order valence-corrected chi connectivity index (χ2v) is 3.25. The van der Waals surface area contributed by atoms with E-state index in [1.807, 2.05) is 0 Å². The van der Waals surface area contributed by atoms with Gasteiger partial charge < -0.3 is 9.84 Å². The molecule has 86 valence electrons. The minimum absolute atomic E-state index is 0.264. The molecule has 0 amide bonds. The predicted octanol–water partition coefficient (Wildman–Crippen LogP) is 2.14. The Balaban J connectivity index is 2.80. The van der Waals surface area contributed by atoms with Crippen LogP contribution in [-0.4, -0.2) is 29.0 Å². The molecule has 0 radical (unpaired) electrons. The lowest BCUT2D eigenvalue weighted by Gasteiger charge is -2.01. The van der Waals surface area contributed by atoms with Crippen LogP contribution in [0.3, 0.4) is 0 Å². The third kappa shape index (κ3) is 1.77. The van der Waals surface area contributed by atoms with Gasteiger partial charge in [-0.1, -0.05) is 0 Å². The Morgan fingerprint density at radius 1 is 1.53 bits per heavy atom. The van der Waals surface area contributed by atoms with Gasteiger partial charge in [0.2, 0.25) is 6.08 Å². The highest BCUT2D eigenvalue weighted by Gasteiger charge is 2.13. The number of aromatic nitrogens is 1. The SMILES string of the molecule is COc1ccc2c(N=C=O)cn(C(=O)O)c2c1. The molecule has 0 bridgehead atoms. The minimum atomic E-state index is -1.16. The van der Waals surface area contributed by atoms with Gasteiger partial charge in [0.1, 0.15) is 11.4 Å². The number of hydrogen-bond acceptors (Lipinski definition) is 4. The zero-order chi connectivity index (χ0) is 12.4. The molecule has 0 aliphatic heterocycles. The highest BCUT2D eigenvalue weighted by Crippen LogP contribution is 2.30. The van der Waals surface area contributed by atoms with E-state index in [4.69, 9.17) is 9.84 Å². The normalized spacial score (nSPS) is 9.94. The maximum absolute atomic E-state index is 11.0. The van der Waals surface area contributed by atoms with Crippen molar-refractivity contribution in [3.63, 3.8) is 0 Å². The van der Waals surface area contributed by atoms with Crippen LogP contribution >= 0.6 is 0 Å². The number of methoxy groups -OCH3 is 1. The van der Waals surface area contributed by atoms with Crippen LogP contribution in [0.15, 0.2) is 29.4 Å². The predicted molar refractivity (Wildman–Crippen MR) is 59.7 cm³/mol. The molecule has 1 aromatic carbocycles. The van der Waals surface area contributed by atoms with Crippen LogP contribution < -0.4 is 4.74 Å². The van der Waals surface area contributed by atoms with E-state index in [1.54, 1.807) is 18.2 Å². The second-order valence-electron chi connectivity index (χ2n) is 3.25. The molecule has 0 aliphatic carbocycles. The van der Waals surface area contributed by atoms with E-state index in [-0.39, 0.29) is 5.69 Å². The first-order chi connectivity index (χ1) is 8.17. The maximum Gasteiger partial charge on any atom is 0.416 e. The highest BCUT2D eigenvalue weighted by molar-refractivity contribution is 5.98. The molecule has 1 N–H and O–H groups in total. The summed E-state index contributed by atoms with van der Waals surface area (Å²) in [5.74, 6) is 0.528. The smallest absolute Gasteiger partial charge is 0.416 e. The molecule has 0 spiro atoms. The summed E-state index contributed by atoms with van der Waals surface area (Å²) < 4.78 is 5.99. The number of hydrogen-bond donors (Lipinski definition) is 1. The Morgan fingerprint density at radius 2 is 2.29 bits per heavy atom. The fraction of sp³-hybridized carbons (Fsp3) is 0.0909. The molecule has 6 heteroatoms. The average Bonchev–Trinajstić information content (AvgIpc) is 2.68. The lowest BCUT2D eigenvalue weighted by molar-refractivity contribution is 0.197. The maximum atomic E-state index is 11.0. The summed E-state index contributed by atoms with van der Waals surface area (Å²) in [7, 11) is 1.49. The molecule has 6 nitrogen and oxygen atoms in total. The first-order valence-corrected chi connectivity index (χ1v) is 4.67. The quantitative estimate of drug-likeness (QED) is 0.635. The molecule has 2 aromatic rings. The van der Waals surface area contributed by atoms with Crippen LogP contribution in [-0.2, 0) is 4.79 Å². The monoisotopic (exact) mass is 232 g/mol. The summed E-state index contributed by atoms with van der Waals surface area (Å²) in [6, 6.07) is 4.87. The summed E-state index contributed by atoms with van der Waals surface area (Å²) in [5, 5.41) is 9.56. The molecule has 0 aliphatic rings. The first-order valence-electron chi connectivity index (χ1n) is 4.67. The fourth-order valence-electron chi connectivity index (χ4n) is 1.61. The minimum Gasteiger partial charge on any atom is -0.497 e. The van der Waals surface area contributed by atoms with Gasteiger partial charge in [-0.2, -0.15) is 4.99 Å². The van der Waals surface area contributed by atoms with Crippen molar-refractivity contribution in [1.29, 1.82) is 0 Å². The molecule has 17 heavy (non-hydrogen) atoms. The molecule has 2 rings (SSSR count).